The van der Waals surface area contributed by atoms with E-state index in [1.165, 1.54) is 24.5 Å². The van der Waals surface area contributed by atoms with Crippen molar-refractivity contribution in [3.05, 3.63) is 62.9 Å². The lowest BCUT2D eigenvalue weighted by molar-refractivity contribution is -0.140. The van der Waals surface area contributed by atoms with Crippen molar-refractivity contribution in [1.82, 2.24) is 35.2 Å². The van der Waals surface area contributed by atoms with Crippen molar-refractivity contribution in [3.63, 3.8) is 0 Å². The van der Waals surface area contributed by atoms with E-state index in [9.17, 15) is 24.0 Å². The molecule has 20 heteroatoms. The Kier molecular flexibility index (Phi) is 9.90. The van der Waals surface area contributed by atoms with Crippen molar-refractivity contribution in [2.75, 3.05) is 34.9 Å². The summed E-state index contributed by atoms with van der Waals surface area (Å²) in [7, 11) is 0. The van der Waals surface area contributed by atoms with Crippen molar-refractivity contribution in [2.24, 2.45) is 10.8 Å². The highest BCUT2D eigenvalue weighted by atomic mass is 16.4. The molecule has 0 bridgehead atoms. The van der Waals surface area contributed by atoms with Crippen LogP contribution in [0.25, 0.3) is 11.2 Å². The van der Waals surface area contributed by atoms with Gasteiger partial charge in [0.25, 0.3) is 17.0 Å². The van der Waals surface area contributed by atoms with E-state index in [1.54, 1.807) is 12.1 Å². The summed E-state index contributed by atoms with van der Waals surface area (Å²) in [5, 5.41) is 26.2. The van der Waals surface area contributed by atoms with Crippen molar-refractivity contribution in [3.8, 4) is 0 Å². The maximum absolute atomic E-state index is 12.3. The third-order valence-corrected chi connectivity index (χ3v) is 6.02. The average molecular weight is 622 g/mol. The number of hydrazine groups is 1. The zero-order valence-corrected chi connectivity index (χ0v) is 23.2. The Morgan fingerprint density at radius 1 is 1.00 bits per heavy atom. The Morgan fingerprint density at radius 2 is 1.73 bits per heavy atom. The highest BCUT2D eigenvalue weighted by molar-refractivity contribution is 5.98. The first-order valence-corrected chi connectivity index (χ1v) is 13.0. The Labute approximate surface area is 251 Å². The Bertz CT molecular complexity index is 1870. The van der Waals surface area contributed by atoms with Crippen LogP contribution in [0, 0.1) is 0 Å². The number of carboxylic acids is 2. The van der Waals surface area contributed by atoms with Crippen molar-refractivity contribution < 1.29 is 24.6 Å². The van der Waals surface area contributed by atoms with Crippen LogP contribution in [-0.2, 0) is 9.59 Å². The van der Waals surface area contributed by atoms with Gasteiger partial charge < -0.3 is 31.9 Å². The van der Waals surface area contributed by atoms with Crippen LogP contribution < -0.4 is 44.1 Å². The van der Waals surface area contributed by atoms with Gasteiger partial charge in [0, 0.05) is 30.1 Å². The molecule has 0 unspecified atom stereocenters. The molecule has 20 nitrogen and oxygen atoms in total. The van der Waals surface area contributed by atoms with E-state index in [1.807, 2.05) is 0 Å². The quantitative estimate of drug-likeness (QED) is 0.0750. The molecule has 12 N–H and O–H groups in total. The van der Waals surface area contributed by atoms with E-state index >= 15 is 0 Å². The van der Waals surface area contributed by atoms with Crippen LogP contribution in [-0.4, -0.2) is 82.8 Å². The number of nitrogens with one attached hydrogen (secondary N) is 6. The monoisotopic (exact) mass is 621 g/mol. The van der Waals surface area contributed by atoms with E-state index in [2.05, 4.69) is 56.3 Å². The van der Waals surface area contributed by atoms with Crippen molar-refractivity contribution in [1.29, 1.82) is 0 Å². The number of carbonyl (C=O) groups excluding carboxylic acids is 1. The van der Waals surface area contributed by atoms with Gasteiger partial charge in [0.15, 0.2) is 22.7 Å². The van der Waals surface area contributed by atoms with Crippen LogP contribution in [0.2, 0.25) is 0 Å². The second-order valence-corrected chi connectivity index (χ2v) is 9.19. The fourth-order valence-corrected chi connectivity index (χ4v) is 3.85. The molecule has 0 spiro atoms. The minimum absolute atomic E-state index is 0.00119. The van der Waals surface area contributed by atoms with Crippen LogP contribution in [0.15, 0.2) is 51.2 Å². The number of amides is 1. The molecule has 1 atom stereocenters. The van der Waals surface area contributed by atoms with Crippen LogP contribution in [0.4, 0.5) is 29.1 Å². The van der Waals surface area contributed by atoms with Gasteiger partial charge in [0.1, 0.15) is 6.04 Å². The lowest BCUT2D eigenvalue weighted by Gasteiger charge is -2.17. The second kappa shape index (κ2) is 14.2. The predicted octanol–water partition coefficient (Wildman–Crippen LogP) is -0.991. The molecule has 5 rings (SSSR count). The topological polar surface area (TPSA) is 321 Å². The first-order chi connectivity index (χ1) is 21.5. The number of aromatic nitrogens is 6. The van der Waals surface area contributed by atoms with E-state index in [0.717, 1.165) is 0 Å². The predicted molar refractivity (Wildman–Crippen MR) is 161 cm³/mol. The molecule has 45 heavy (non-hydrogen) atoms. The van der Waals surface area contributed by atoms with Gasteiger partial charge in [-0.05, 0) is 30.7 Å². The summed E-state index contributed by atoms with van der Waals surface area (Å²) in [5.41, 5.74) is 9.05. The van der Waals surface area contributed by atoms with Crippen LogP contribution >= 0.6 is 0 Å². The fraction of sp³-hybridized carbons (Fsp3) is 0.200. The van der Waals surface area contributed by atoms with Crippen molar-refractivity contribution in [2.45, 2.75) is 18.9 Å². The van der Waals surface area contributed by atoms with Gasteiger partial charge in [-0.2, -0.15) is 9.97 Å². The van der Waals surface area contributed by atoms with Gasteiger partial charge >= 0.3 is 11.9 Å². The van der Waals surface area contributed by atoms with Gasteiger partial charge in [0.2, 0.25) is 11.9 Å². The van der Waals surface area contributed by atoms with Gasteiger partial charge in [-0.25, -0.2) is 25.6 Å². The molecular formula is C25H27N13O7. The molecule has 0 saturated heterocycles. The minimum atomic E-state index is -1.31. The minimum Gasteiger partial charge on any atom is -0.481 e. The number of hydrogen-bond donors (Lipinski definition) is 10. The number of carboxylic acid groups (broad SMARTS) is 2. The molecule has 1 aliphatic rings. The van der Waals surface area contributed by atoms with E-state index in [-0.39, 0.29) is 52.7 Å². The lowest BCUT2D eigenvalue weighted by atomic mass is 10.1. The summed E-state index contributed by atoms with van der Waals surface area (Å²) >= 11 is 0. The summed E-state index contributed by atoms with van der Waals surface area (Å²) in [5.74, 6) is 2.48. The van der Waals surface area contributed by atoms with E-state index in [0.29, 0.717) is 30.3 Å². The number of H-pyrrole nitrogens is 2. The highest BCUT2D eigenvalue weighted by Gasteiger charge is 2.22. The molecule has 1 aromatic carbocycles. The summed E-state index contributed by atoms with van der Waals surface area (Å²) in [6.45, 7) is 0.682. The number of nitrogen functional groups attached to an aromatic ring is 2. The number of hydrogen-bond acceptors (Lipinski definition) is 15. The first kappa shape index (κ1) is 31.5. The number of aromatic amines is 2. The number of nitrogens with zero attached hydrogens (tertiary/aromatic N) is 5. The largest absolute Gasteiger partial charge is 0.481 e. The lowest BCUT2D eigenvalue weighted by Crippen LogP contribution is -2.41. The Hall–Kier alpha value is -6.44. The molecule has 4 aromatic rings. The molecule has 0 saturated carbocycles. The number of aliphatic carboxylic acids is 2. The number of nitrogens with two attached hydrogens (primary N) is 2. The summed E-state index contributed by atoms with van der Waals surface area (Å²) in [6, 6.07) is 4.95. The number of benzene rings is 1. The fourth-order valence-electron chi connectivity index (χ4n) is 3.85. The number of anilines is 4. The van der Waals surface area contributed by atoms with Crippen LogP contribution in [0.3, 0.4) is 0 Å². The third-order valence-electron chi connectivity index (χ3n) is 6.02. The zero-order chi connectivity index (χ0) is 32.5. The molecule has 1 aliphatic heterocycles. The molecule has 0 aliphatic carbocycles. The molecule has 4 heterocycles. The maximum atomic E-state index is 12.3. The zero-order valence-electron chi connectivity index (χ0n) is 23.2. The Balaban J connectivity index is 0.000000293. The van der Waals surface area contributed by atoms with E-state index < -0.39 is 29.4 Å². The first-order valence-electron chi connectivity index (χ1n) is 13.0. The van der Waals surface area contributed by atoms with Crippen LogP contribution in [0.1, 0.15) is 23.2 Å². The smallest absolute Gasteiger partial charge is 0.326 e. The number of carbonyl (C=O) groups is 3. The van der Waals surface area contributed by atoms with Crippen molar-refractivity contribution >= 4 is 63.8 Å². The maximum Gasteiger partial charge on any atom is 0.326 e. The number of aliphatic imine (C=N–C) groups is 1. The van der Waals surface area contributed by atoms with Gasteiger partial charge in [-0.1, -0.05) is 0 Å². The van der Waals surface area contributed by atoms with E-state index in [4.69, 9.17) is 21.8 Å². The normalized spacial score (nSPS) is 12.3. The number of fused-ring (bicyclic) bond motifs is 2. The molecule has 0 radical (unpaired) electrons. The summed E-state index contributed by atoms with van der Waals surface area (Å²) in [6.07, 6.45) is 2.28. The summed E-state index contributed by atoms with van der Waals surface area (Å²) < 4.78 is 0. The summed E-state index contributed by atoms with van der Waals surface area (Å²) in [4.78, 5) is 82.0. The Morgan fingerprint density at radius 3 is 2.42 bits per heavy atom. The standard InChI is InChI=1S/C19H21N7O6.C6H6N6O/c20-19-25-15-14(17(30)26-19)23-11(8-22-15)7-21-10-3-1-9(2-4-10)16(29)24-12(18(31)32)5-6-13(27)28;7-12-6-10-4-3(5(13)11-6)8-1-2-9-4/h1-4,12,21H,5-8H2,(H,24,29)(H,27,28)(H,31,32)(H4,20,22,25,26,30);1-2H,7H2,(H2,9,10,11,12,13)/t12-;/m0./s1. The molecule has 234 valence electrons. The molecule has 1 amide bonds. The second-order valence-electron chi connectivity index (χ2n) is 9.19. The molecular weight excluding hydrogens is 594 g/mol. The third kappa shape index (κ3) is 8.32. The van der Waals surface area contributed by atoms with Gasteiger partial charge in [0.05, 0.1) is 18.8 Å². The SMILES string of the molecule is NNc1nc2nccnc2c(=O)[nH]1.Nc1nc2c(c(=O)[nH]1)N=C(CNc1ccc(C(=O)N[C@@H](CCC(=O)O)C(=O)O)cc1)CN2. The van der Waals surface area contributed by atoms with Gasteiger partial charge in [-0.15, -0.1) is 0 Å². The molecule has 3 aromatic heterocycles. The molecule has 0 fully saturated rings. The average Bonchev–Trinajstić information content (AvgIpc) is 3.02. The van der Waals surface area contributed by atoms with Gasteiger partial charge in [-0.3, -0.25) is 34.6 Å². The highest BCUT2D eigenvalue weighted by Crippen LogP contribution is 2.21. The van der Waals surface area contributed by atoms with Crippen LogP contribution in [0.5, 0.6) is 0 Å². The number of rotatable bonds is 10.